The molecule has 0 aliphatic carbocycles. The fraction of sp³-hybridized carbons (Fsp3) is 0.321. The molecule has 3 heterocycles. The van der Waals surface area contributed by atoms with Gasteiger partial charge in [-0.05, 0) is 42.3 Å². The first-order valence-corrected chi connectivity index (χ1v) is 13.4. The van der Waals surface area contributed by atoms with E-state index in [0.717, 1.165) is 24.4 Å². The molecule has 0 unspecified atom stereocenters. The number of aromatic nitrogens is 1. The third-order valence-corrected chi connectivity index (χ3v) is 7.52. The molecule has 2 aliphatic rings. The van der Waals surface area contributed by atoms with Gasteiger partial charge in [-0.3, -0.25) is 14.5 Å². The lowest BCUT2D eigenvalue weighted by atomic mass is 10.1. The summed E-state index contributed by atoms with van der Waals surface area (Å²) in [5, 5.41) is 0.712. The lowest BCUT2D eigenvalue weighted by Gasteiger charge is -2.33. The summed E-state index contributed by atoms with van der Waals surface area (Å²) in [6.45, 7) is 5.97. The average Bonchev–Trinajstić information content (AvgIpc) is 3.41. The molecule has 0 bridgehead atoms. The monoisotopic (exact) mass is 531 g/mol. The van der Waals surface area contributed by atoms with Gasteiger partial charge in [-0.25, -0.2) is 4.98 Å². The molecule has 2 aromatic carbocycles. The maximum atomic E-state index is 12.6. The van der Waals surface area contributed by atoms with Crippen LogP contribution in [0.3, 0.4) is 0 Å². The van der Waals surface area contributed by atoms with Crippen LogP contribution >= 0.6 is 11.3 Å². The number of thiazole rings is 1. The number of ether oxygens (including phenoxy) is 2. The number of hydrogen-bond donors (Lipinski definition) is 1. The molecule has 1 aromatic heterocycles. The third-order valence-electron chi connectivity index (χ3n) is 6.39. The van der Waals surface area contributed by atoms with Crippen molar-refractivity contribution in [2.45, 2.75) is 0 Å². The van der Waals surface area contributed by atoms with Crippen molar-refractivity contribution < 1.29 is 19.1 Å². The predicted octanol–water partition coefficient (Wildman–Crippen LogP) is 2.69. The molecule has 2 saturated heterocycles. The van der Waals surface area contributed by atoms with Crippen LogP contribution in [0.25, 0.3) is 11.3 Å². The van der Waals surface area contributed by atoms with E-state index in [1.54, 1.807) is 4.90 Å². The molecular weight excluding hydrogens is 502 g/mol. The number of morpholine rings is 1. The molecule has 0 spiro atoms. The van der Waals surface area contributed by atoms with Crippen molar-refractivity contribution in [3.8, 4) is 34.6 Å². The number of nitrogens with zero attached hydrogens (tertiary/aromatic N) is 4. The van der Waals surface area contributed by atoms with E-state index in [2.05, 4.69) is 21.6 Å². The fourth-order valence-corrected chi connectivity index (χ4v) is 5.27. The summed E-state index contributed by atoms with van der Waals surface area (Å²) < 4.78 is 11.2. The lowest BCUT2D eigenvalue weighted by Crippen LogP contribution is -2.48. The van der Waals surface area contributed by atoms with Gasteiger partial charge in [0.25, 0.3) is 11.8 Å². The maximum absolute atomic E-state index is 12.6. The highest BCUT2D eigenvalue weighted by Crippen LogP contribution is 2.34. The Morgan fingerprint density at radius 1 is 0.947 bits per heavy atom. The second-order valence-corrected chi connectivity index (χ2v) is 9.92. The van der Waals surface area contributed by atoms with E-state index in [0.29, 0.717) is 67.4 Å². The largest absolute Gasteiger partial charge is 0.457 e. The minimum Gasteiger partial charge on any atom is -0.457 e. The Bertz CT molecular complexity index is 1320. The molecule has 0 atom stereocenters. The quantitative estimate of drug-likeness (QED) is 0.488. The molecule has 196 valence electrons. The van der Waals surface area contributed by atoms with Crippen LogP contribution in [0.15, 0.2) is 54.6 Å². The van der Waals surface area contributed by atoms with E-state index in [9.17, 15) is 9.59 Å². The standard InChI is InChI=1S/C28H29N5O4S/c29-27(35)26-25(21-8-10-23(11-9-21)37-22-5-2-1-3-6-22)30-28(38-26)33-15-13-32(14-16-33)24(34)7-4-12-31-17-19-36-20-18-31/h1-3,5-6,8-11H,12-20H2,(H2,29,35). The molecule has 0 radical (unpaired) electrons. The number of nitrogens with two attached hydrogens (primary N) is 1. The molecule has 10 heteroatoms. The Hall–Kier alpha value is -3.91. The topological polar surface area (TPSA) is 101 Å². The summed E-state index contributed by atoms with van der Waals surface area (Å²) in [5.74, 6) is 6.53. The lowest BCUT2D eigenvalue weighted by molar-refractivity contribution is -0.125. The van der Waals surface area contributed by atoms with Crippen molar-refractivity contribution in [1.29, 1.82) is 0 Å². The highest BCUT2D eigenvalue weighted by atomic mass is 32.1. The summed E-state index contributed by atoms with van der Waals surface area (Å²) in [4.78, 5) is 36.0. The molecule has 2 N–H and O–H groups in total. The van der Waals surface area contributed by atoms with Crippen LogP contribution in [0.5, 0.6) is 11.5 Å². The number of hydrogen-bond acceptors (Lipinski definition) is 8. The molecule has 5 rings (SSSR count). The van der Waals surface area contributed by atoms with Crippen LogP contribution in [0.4, 0.5) is 5.13 Å². The fourth-order valence-electron chi connectivity index (χ4n) is 4.28. The van der Waals surface area contributed by atoms with E-state index in [4.69, 9.17) is 20.2 Å². The Labute approximate surface area is 225 Å². The number of rotatable bonds is 6. The molecular formula is C28H29N5O4S. The van der Waals surface area contributed by atoms with Gasteiger partial charge in [0.15, 0.2) is 5.13 Å². The van der Waals surface area contributed by atoms with Crippen LogP contribution < -0.4 is 15.4 Å². The number of carbonyl (C=O) groups excluding carboxylic acids is 2. The zero-order valence-electron chi connectivity index (χ0n) is 21.0. The molecule has 3 aromatic rings. The number of primary amides is 1. The van der Waals surface area contributed by atoms with Crippen LogP contribution in [-0.2, 0) is 9.53 Å². The highest BCUT2D eigenvalue weighted by molar-refractivity contribution is 7.18. The van der Waals surface area contributed by atoms with Crippen molar-refractivity contribution >= 4 is 28.3 Å². The van der Waals surface area contributed by atoms with E-state index in [1.165, 1.54) is 11.3 Å². The number of para-hydroxylation sites is 1. The van der Waals surface area contributed by atoms with Gasteiger partial charge in [0.2, 0.25) is 0 Å². The van der Waals surface area contributed by atoms with E-state index >= 15 is 0 Å². The predicted molar refractivity (Wildman–Crippen MR) is 146 cm³/mol. The van der Waals surface area contributed by atoms with Crippen molar-refractivity contribution in [2.24, 2.45) is 5.73 Å². The van der Waals surface area contributed by atoms with Gasteiger partial charge in [-0.1, -0.05) is 35.5 Å². The summed E-state index contributed by atoms with van der Waals surface area (Å²) in [7, 11) is 0. The minimum absolute atomic E-state index is 0.159. The second-order valence-electron chi connectivity index (χ2n) is 8.95. The first-order chi connectivity index (χ1) is 18.6. The average molecular weight is 532 g/mol. The van der Waals surface area contributed by atoms with Gasteiger partial charge in [0.05, 0.1) is 25.5 Å². The van der Waals surface area contributed by atoms with Crippen LogP contribution in [0, 0.1) is 11.8 Å². The summed E-state index contributed by atoms with van der Waals surface area (Å²) in [6.07, 6.45) is 0. The van der Waals surface area contributed by atoms with E-state index < -0.39 is 5.91 Å². The normalized spacial score (nSPS) is 16.0. The van der Waals surface area contributed by atoms with Crippen LogP contribution in [0.1, 0.15) is 9.67 Å². The van der Waals surface area contributed by atoms with Crippen LogP contribution in [0.2, 0.25) is 0 Å². The van der Waals surface area contributed by atoms with Gasteiger partial charge < -0.3 is 25.0 Å². The Kier molecular flexibility index (Phi) is 8.19. The van der Waals surface area contributed by atoms with Gasteiger partial charge in [0.1, 0.15) is 16.4 Å². The number of amides is 2. The van der Waals surface area contributed by atoms with Crippen molar-refractivity contribution in [3.05, 3.63) is 59.5 Å². The third kappa shape index (κ3) is 6.31. The zero-order valence-corrected chi connectivity index (χ0v) is 21.8. The Morgan fingerprint density at radius 2 is 1.63 bits per heavy atom. The molecule has 2 amide bonds. The summed E-state index contributed by atoms with van der Waals surface area (Å²) >= 11 is 1.28. The maximum Gasteiger partial charge on any atom is 0.298 e. The number of benzene rings is 2. The molecule has 9 nitrogen and oxygen atoms in total. The molecule has 0 saturated carbocycles. The van der Waals surface area contributed by atoms with Gasteiger partial charge >= 0.3 is 0 Å². The Morgan fingerprint density at radius 3 is 2.32 bits per heavy atom. The Balaban J connectivity index is 1.21. The zero-order chi connectivity index (χ0) is 26.3. The van der Waals surface area contributed by atoms with Crippen molar-refractivity contribution in [1.82, 2.24) is 14.8 Å². The van der Waals surface area contributed by atoms with Crippen molar-refractivity contribution in [3.63, 3.8) is 0 Å². The van der Waals surface area contributed by atoms with Gasteiger partial charge in [-0.15, -0.1) is 0 Å². The molecule has 38 heavy (non-hydrogen) atoms. The molecule has 2 fully saturated rings. The van der Waals surface area contributed by atoms with Gasteiger partial charge in [0, 0.05) is 44.8 Å². The SMILES string of the molecule is NC(=O)c1sc(N2CCN(C(=O)C#CCN3CCOCC3)CC2)nc1-c1ccc(Oc2ccccc2)cc1. The van der Waals surface area contributed by atoms with Crippen LogP contribution in [-0.4, -0.2) is 85.6 Å². The number of carbonyl (C=O) groups is 2. The second kappa shape index (κ2) is 12.1. The first kappa shape index (κ1) is 25.7. The minimum atomic E-state index is -0.516. The molecule has 2 aliphatic heterocycles. The highest BCUT2D eigenvalue weighted by Gasteiger charge is 2.25. The van der Waals surface area contributed by atoms with E-state index in [-0.39, 0.29) is 5.91 Å². The van der Waals surface area contributed by atoms with E-state index in [1.807, 2.05) is 54.6 Å². The summed E-state index contributed by atoms with van der Waals surface area (Å²) in [6, 6.07) is 17.0. The number of piperazine rings is 1. The van der Waals surface area contributed by atoms with Crippen molar-refractivity contribution in [2.75, 3.05) is 63.9 Å². The number of anilines is 1. The first-order valence-electron chi connectivity index (χ1n) is 12.5. The smallest absolute Gasteiger partial charge is 0.298 e. The van der Waals surface area contributed by atoms with Gasteiger partial charge in [-0.2, -0.15) is 0 Å². The summed E-state index contributed by atoms with van der Waals surface area (Å²) in [5.41, 5.74) is 7.03.